The number of aryl methyl sites for hydroxylation is 1. The van der Waals surface area contributed by atoms with Gasteiger partial charge in [0.25, 0.3) is 5.91 Å². The number of hydrogen-bond donors (Lipinski definition) is 2. The predicted octanol–water partition coefficient (Wildman–Crippen LogP) is 3.21. The Hall–Kier alpha value is -3.83. The molecule has 2 amide bonds. The van der Waals surface area contributed by atoms with Gasteiger partial charge in [-0.1, -0.05) is 6.92 Å². The third-order valence-corrected chi connectivity index (χ3v) is 7.70. The highest BCUT2D eigenvalue weighted by Crippen LogP contribution is 2.44. The number of ether oxygens (including phenoxy) is 1. The van der Waals surface area contributed by atoms with Crippen molar-refractivity contribution in [3.05, 3.63) is 48.0 Å². The molecule has 36 heavy (non-hydrogen) atoms. The number of nitrogens with two attached hydrogens (primary N) is 1. The van der Waals surface area contributed by atoms with E-state index in [4.69, 9.17) is 10.5 Å². The first-order valence-corrected chi connectivity index (χ1v) is 12.4. The van der Waals surface area contributed by atoms with Crippen LogP contribution in [0.1, 0.15) is 29.4 Å². The number of nitrogens with zero attached hydrogens (tertiary/aromatic N) is 5. The van der Waals surface area contributed by atoms with Crippen LogP contribution >= 0.6 is 11.3 Å². The molecule has 11 heteroatoms. The van der Waals surface area contributed by atoms with Gasteiger partial charge in [-0.3, -0.25) is 19.5 Å². The third-order valence-electron chi connectivity index (χ3n) is 6.49. The molecule has 186 valence electrons. The number of rotatable bonds is 6. The zero-order valence-electron chi connectivity index (χ0n) is 20.5. The molecule has 0 spiro atoms. The van der Waals surface area contributed by atoms with Gasteiger partial charge >= 0.3 is 0 Å². The van der Waals surface area contributed by atoms with Crippen LogP contribution in [0, 0.1) is 12.8 Å². The molecule has 3 N–H and O–H groups in total. The maximum Gasteiger partial charge on any atom is 0.253 e. The fraction of sp³-hybridized carbons (Fsp3) is 0.320. The molecule has 10 nitrogen and oxygen atoms in total. The molecule has 1 aliphatic rings. The SMILES string of the molecule is COc1ncccc1-c1sc2c(C(N)=O)cnn2c1-c1cc(NC(=O)[C@@H]2C[C@H](C)CN2C)cnc1C. The molecule has 4 aromatic rings. The number of carbonyl (C=O) groups excluding carboxylic acids is 2. The molecule has 0 radical (unpaired) electrons. The number of amides is 2. The molecule has 1 saturated heterocycles. The summed E-state index contributed by atoms with van der Waals surface area (Å²) in [6.07, 6.45) is 5.58. The number of primary amides is 1. The summed E-state index contributed by atoms with van der Waals surface area (Å²) in [5, 5.41) is 7.51. The van der Waals surface area contributed by atoms with E-state index >= 15 is 0 Å². The Balaban J connectivity index is 1.64. The first kappa shape index (κ1) is 23.9. The van der Waals surface area contributed by atoms with Gasteiger partial charge in [-0.15, -0.1) is 11.3 Å². The Morgan fingerprint density at radius 2 is 2.06 bits per heavy atom. The molecule has 5 heterocycles. The van der Waals surface area contributed by atoms with Crippen molar-refractivity contribution >= 4 is 33.7 Å². The lowest BCUT2D eigenvalue weighted by Crippen LogP contribution is -2.37. The van der Waals surface area contributed by atoms with Crippen LogP contribution in [0.15, 0.2) is 36.8 Å². The van der Waals surface area contributed by atoms with Crippen molar-refractivity contribution in [2.24, 2.45) is 11.7 Å². The highest BCUT2D eigenvalue weighted by Gasteiger charge is 2.32. The molecular formula is C25H27N7O3S. The number of carbonyl (C=O) groups is 2. The summed E-state index contributed by atoms with van der Waals surface area (Å²) in [6.45, 7) is 4.93. The van der Waals surface area contributed by atoms with Crippen molar-refractivity contribution in [2.45, 2.75) is 26.3 Å². The standard InChI is InChI=1S/C25H27N7O3S/c1-13-8-19(31(3)12-13)23(34)30-15-9-17(14(2)28-10-15)20-21(16-6-5-7-27-24(16)35-4)36-25-18(22(26)33)11-29-32(20)25/h5-7,9-11,13,19H,8,12H2,1-4H3,(H2,26,33)(H,30,34)/t13-,19-/m0/s1. The molecule has 0 bridgehead atoms. The highest BCUT2D eigenvalue weighted by molar-refractivity contribution is 7.21. The minimum Gasteiger partial charge on any atom is -0.481 e. The van der Waals surface area contributed by atoms with E-state index in [0.717, 1.165) is 34.7 Å². The smallest absolute Gasteiger partial charge is 0.253 e. The molecule has 4 aromatic heterocycles. The maximum atomic E-state index is 13.0. The van der Waals surface area contributed by atoms with E-state index in [-0.39, 0.29) is 11.9 Å². The second-order valence-corrected chi connectivity index (χ2v) is 10.1. The van der Waals surface area contributed by atoms with Crippen molar-refractivity contribution in [2.75, 3.05) is 26.0 Å². The van der Waals surface area contributed by atoms with Crippen LogP contribution in [0.2, 0.25) is 0 Å². The number of nitrogens with one attached hydrogen (secondary N) is 1. The van der Waals surface area contributed by atoms with E-state index in [2.05, 4.69) is 32.2 Å². The Morgan fingerprint density at radius 3 is 2.75 bits per heavy atom. The molecule has 2 atom stereocenters. The number of pyridine rings is 2. The molecule has 1 aliphatic heterocycles. The number of likely N-dealkylation sites (tertiary alicyclic amines) is 1. The van der Waals surface area contributed by atoms with Gasteiger partial charge in [-0.2, -0.15) is 5.10 Å². The topological polar surface area (TPSA) is 128 Å². The number of thiazole rings is 1. The van der Waals surface area contributed by atoms with Gasteiger partial charge in [-0.05, 0) is 44.5 Å². The zero-order valence-corrected chi connectivity index (χ0v) is 21.3. The van der Waals surface area contributed by atoms with E-state index in [0.29, 0.717) is 33.6 Å². The fourth-order valence-corrected chi connectivity index (χ4v) is 6.02. The van der Waals surface area contributed by atoms with Crippen molar-refractivity contribution in [3.8, 4) is 27.6 Å². The number of fused-ring (bicyclic) bond motifs is 1. The van der Waals surface area contributed by atoms with E-state index in [1.807, 2.05) is 32.2 Å². The average molecular weight is 506 g/mol. The predicted molar refractivity (Wildman–Crippen MR) is 138 cm³/mol. The molecule has 5 rings (SSSR count). The van der Waals surface area contributed by atoms with E-state index < -0.39 is 5.91 Å². The Labute approximate surface area is 212 Å². The lowest BCUT2D eigenvalue weighted by atomic mass is 10.1. The molecule has 0 unspecified atom stereocenters. The average Bonchev–Trinajstić information content (AvgIpc) is 3.52. The fourth-order valence-electron chi connectivity index (χ4n) is 4.78. The first-order chi connectivity index (χ1) is 17.3. The highest BCUT2D eigenvalue weighted by atomic mass is 32.1. The molecule has 0 saturated carbocycles. The molecule has 1 fully saturated rings. The second-order valence-electron chi connectivity index (χ2n) is 9.12. The van der Waals surface area contributed by atoms with Gasteiger partial charge < -0.3 is 15.8 Å². The Bertz CT molecular complexity index is 1480. The summed E-state index contributed by atoms with van der Waals surface area (Å²) in [7, 11) is 3.53. The zero-order chi connectivity index (χ0) is 25.6. The van der Waals surface area contributed by atoms with Gasteiger partial charge in [0.2, 0.25) is 11.8 Å². The summed E-state index contributed by atoms with van der Waals surface area (Å²) in [4.78, 5) is 37.5. The van der Waals surface area contributed by atoms with Crippen molar-refractivity contribution < 1.29 is 14.3 Å². The van der Waals surface area contributed by atoms with Crippen LogP contribution < -0.4 is 15.8 Å². The summed E-state index contributed by atoms with van der Waals surface area (Å²) in [5.74, 6) is 0.289. The minimum absolute atomic E-state index is 0.0572. The molecule has 0 aromatic carbocycles. The quantitative estimate of drug-likeness (QED) is 0.412. The Morgan fingerprint density at radius 1 is 1.25 bits per heavy atom. The van der Waals surface area contributed by atoms with Crippen LogP contribution in [0.25, 0.3) is 26.5 Å². The summed E-state index contributed by atoms with van der Waals surface area (Å²) >= 11 is 1.37. The van der Waals surface area contributed by atoms with Crippen molar-refractivity contribution in [3.63, 3.8) is 0 Å². The van der Waals surface area contributed by atoms with Crippen LogP contribution in [-0.4, -0.2) is 63.0 Å². The first-order valence-electron chi connectivity index (χ1n) is 11.6. The monoisotopic (exact) mass is 505 g/mol. The van der Waals surface area contributed by atoms with Crippen LogP contribution in [0.4, 0.5) is 5.69 Å². The summed E-state index contributed by atoms with van der Waals surface area (Å²) < 4.78 is 7.21. The number of likely N-dealkylation sites (N-methyl/N-ethyl adjacent to an activating group) is 1. The summed E-state index contributed by atoms with van der Waals surface area (Å²) in [6, 6.07) is 5.42. The van der Waals surface area contributed by atoms with Crippen molar-refractivity contribution in [1.82, 2.24) is 24.5 Å². The van der Waals surface area contributed by atoms with Crippen LogP contribution in [0.3, 0.4) is 0 Å². The maximum absolute atomic E-state index is 13.0. The van der Waals surface area contributed by atoms with Crippen LogP contribution in [-0.2, 0) is 4.79 Å². The third kappa shape index (κ3) is 4.10. The van der Waals surface area contributed by atoms with Gasteiger partial charge in [0.1, 0.15) is 4.83 Å². The van der Waals surface area contributed by atoms with Gasteiger partial charge in [0.05, 0.1) is 52.9 Å². The minimum atomic E-state index is -0.562. The molecular weight excluding hydrogens is 478 g/mol. The lowest BCUT2D eigenvalue weighted by Gasteiger charge is -2.19. The molecule has 0 aliphatic carbocycles. The van der Waals surface area contributed by atoms with E-state index in [9.17, 15) is 9.59 Å². The van der Waals surface area contributed by atoms with E-state index in [1.165, 1.54) is 17.5 Å². The number of methoxy groups -OCH3 is 1. The lowest BCUT2D eigenvalue weighted by molar-refractivity contribution is -0.119. The van der Waals surface area contributed by atoms with Gasteiger partial charge in [0.15, 0.2) is 0 Å². The van der Waals surface area contributed by atoms with E-state index in [1.54, 1.807) is 24.0 Å². The normalized spacial score (nSPS) is 18.0. The Kier molecular flexibility index (Phi) is 6.19. The largest absolute Gasteiger partial charge is 0.481 e. The summed E-state index contributed by atoms with van der Waals surface area (Å²) in [5.41, 5.74) is 9.47. The van der Waals surface area contributed by atoms with Crippen molar-refractivity contribution in [1.29, 1.82) is 0 Å². The second kappa shape index (κ2) is 9.32. The number of anilines is 1. The number of hydrogen-bond acceptors (Lipinski definition) is 8. The van der Waals surface area contributed by atoms with Crippen LogP contribution in [0.5, 0.6) is 5.88 Å². The van der Waals surface area contributed by atoms with Gasteiger partial charge in [0, 0.05) is 24.0 Å². The van der Waals surface area contributed by atoms with Gasteiger partial charge in [-0.25, -0.2) is 9.50 Å². The number of aromatic nitrogens is 4.